The maximum Gasteiger partial charge on any atom is 0.239 e. The third-order valence-corrected chi connectivity index (χ3v) is 4.95. The maximum absolute atomic E-state index is 12.1. The Hall–Kier alpha value is -1.70. The Balaban J connectivity index is 1.51. The summed E-state index contributed by atoms with van der Waals surface area (Å²) in [7, 11) is 1.90. The average molecular weight is 323 g/mol. The zero-order valence-corrected chi connectivity index (χ0v) is 13.5. The highest BCUT2D eigenvalue weighted by Crippen LogP contribution is 2.19. The van der Waals surface area contributed by atoms with Crippen molar-refractivity contribution in [3.63, 3.8) is 0 Å². The van der Waals surface area contributed by atoms with Gasteiger partial charge in [0.1, 0.15) is 6.54 Å². The van der Waals surface area contributed by atoms with Gasteiger partial charge in [0.15, 0.2) is 0 Å². The van der Waals surface area contributed by atoms with E-state index < -0.39 is 0 Å². The van der Waals surface area contributed by atoms with Gasteiger partial charge in [0.2, 0.25) is 11.8 Å². The summed E-state index contributed by atoms with van der Waals surface area (Å²) in [4.78, 5) is 27.5. The van der Waals surface area contributed by atoms with Crippen molar-refractivity contribution in [1.82, 2.24) is 20.0 Å². The first-order valence-electron chi connectivity index (χ1n) is 7.50. The molecule has 0 spiro atoms. The van der Waals surface area contributed by atoms with E-state index in [0.717, 1.165) is 31.6 Å². The molecule has 120 valence electrons. The monoisotopic (exact) mass is 323 g/mol. The Morgan fingerprint density at radius 1 is 1.55 bits per heavy atom. The van der Waals surface area contributed by atoms with Crippen molar-refractivity contribution in [3.8, 4) is 0 Å². The SMILES string of the molecule is Cn1cc(N2CCCC(NC(=O)CN3CSCC3=O)C2)cn1. The number of hydrogen-bond donors (Lipinski definition) is 1. The number of carbonyl (C=O) groups excluding carboxylic acids is 2. The van der Waals surface area contributed by atoms with Gasteiger partial charge in [-0.3, -0.25) is 14.3 Å². The van der Waals surface area contributed by atoms with Crippen molar-refractivity contribution in [2.45, 2.75) is 18.9 Å². The topological polar surface area (TPSA) is 70.5 Å². The molecule has 0 aliphatic carbocycles. The van der Waals surface area contributed by atoms with Crippen LogP contribution >= 0.6 is 11.8 Å². The molecule has 1 atom stereocenters. The van der Waals surface area contributed by atoms with Crippen molar-refractivity contribution in [2.75, 3.05) is 36.2 Å². The minimum atomic E-state index is -0.0612. The molecule has 1 N–H and O–H groups in total. The molecule has 3 rings (SSSR count). The summed E-state index contributed by atoms with van der Waals surface area (Å²) in [6.07, 6.45) is 5.86. The summed E-state index contributed by atoms with van der Waals surface area (Å²) in [5, 5.41) is 7.26. The van der Waals surface area contributed by atoms with Crippen LogP contribution in [0.25, 0.3) is 0 Å². The Morgan fingerprint density at radius 3 is 3.09 bits per heavy atom. The van der Waals surface area contributed by atoms with E-state index in [1.165, 1.54) is 0 Å². The third-order valence-electron chi connectivity index (χ3n) is 4.00. The second-order valence-corrected chi connectivity index (χ2v) is 6.75. The fraction of sp³-hybridized carbons (Fsp3) is 0.643. The lowest BCUT2D eigenvalue weighted by molar-refractivity contribution is -0.132. The lowest BCUT2D eigenvalue weighted by Crippen LogP contribution is -2.50. The van der Waals surface area contributed by atoms with Crippen LogP contribution in [0.4, 0.5) is 5.69 Å². The number of nitrogens with zero attached hydrogens (tertiary/aromatic N) is 4. The summed E-state index contributed by atoms with van der Waals surface area (Å²) in [5.41, 5.74) is 1.09. The quantitative estimate of drug-likeness (QED) is 0.847. The predicted molar refractivity (Wildman–Crippen MR) is 85.6 cm³/mol. The van der Waals surface area contributed by atoms with Gasteiger partial charge in [0, 0.05) is 32.4 Å². The first-order chi connectivity index (χ1) is 10.6. The van der Waals surface area contributed by atoms with Gasteiger partial charge in [0.25, 0.3) is 0 Å². The highest BCUT2D eigenvalue weighted by Gasteiger charge is 2.26. The van der Waals surface area contributed by atoms with Gasteiger partial charge in [-0.25, -0.2) is 0 Å². The molecule has 0 aromatic carbocycles. The number of carbonyl (C=O) groups is 2. The van der Waals surface area contributed by atoms with Crippen molar-refractivity contribution in [1.29, 1.82) is 0 Å². The normalized spacial score (nSPS) is 22.2. The number of aromatic nitrogens is 2. The molecule has 1 unspecified atom stereocenters. The summed E-state index contributed by atoms with van der Waals surface area (Å²) in [5.74, 6) is 1.11. The summed E-state index contributed by atoms with van der Waals surface area (Å²) in [6, 6.07) is 0.131. The fourth-order valence-electron chi connectivity index (χ4n) is 2.89. The summed E-state index contributed by atoms with van der Waals surface area (Å²) in [6.45, 7) is 1.95. The van der Waals surface area contributed by atoms with Gasteiger partial charge in [-0.15, -0.1) is 11.8 Å². The molecule has 0 radical (unpaired) electrons. The molecule has 22 heavy (non-hydrogen) atoms. The van der Waals surface area contributed by atoms with Crippen LogP contribution in [-0.2, 0) is 16.6 Å². The van der Waals surface area contributed by atoms with Gasteiger partial charge >= 0.3 is 0 Å². The molecule has 2 saturated heterocycles. The first-order valence-corrected chi connectivity index (χ1v) is 8.66. The summed E-state index contributed by atoms with van der Waals surface area (Å²) < 4.78 is 1.79. The second-order valence-electron chi connectivity index (χ2n) is 5.79. The minimum absolute atomic E-state index is 0.0563. The van der Waals surface area contributed by atoms with Crippen molar-refractivity contribution < 1.29 is 9.59 Å². The van der Waals surface area contributed by atoms with Crippen LogP contribution in [0.1, 0.15) is 12.8 Å². The maximum atomic E-state index is 12.1. The second kappa shape index (κ2) is 6.60. The molecule has 3 heterocycles. The average Bonchev–Trinajstić information content (AvgIpc) is 3.09. The smallest absolute Gasteiger partial charge is 0.239 e. The standard InChI is InChI=1S/C14H21N5O2S/c1-17-7-12(5-15-17)18-4-2-3-11(6-18)16-13(20)8-19-10-22-9-14(19)21/h5,7,11H,2-4,6,8-10H2,1H3,(H,16,20). The number of hydrogen-bond acceptors (Lipinski definition) is 5. The van der Waals surface area contributed by atoms with Crippen LogP contribution in [0.2, 0.25) is 0 Å². The van der Waals surface area contributed by atoms with Gasteiger partial charge in [-0.05, 0) is 12.8 Å². The minimum Gasteiger partial charge on any atom is -0.367 e. The van der Waals surface area contributed by atoms with Crippen LogP contribution in [0.5, 0.6) is 0 Å². The first kappa shape index (κ1) is 15.2. The van der Waals surface area contributed by atoms with Crippen LogP contribution in [0, 0.1) is 0 Å². The van der Waals surface area contributed by atoms with Crippen LogP contribution in [-0.4, -0.2) is 63.8 Å². The molecule has 0 bridgehead atoms. The molecule has 2 fully saturated rings. The number of piperidine rings is 1. The van der Waals surface area contributed by atoms with Crippen LogP contribution < -0.4 is 10.2 Å². The van der Waals surface area contributed by atoms with Gasteiger partial charge in [-0.1, -0.05) is 0 Å². The lowest BCUT2D eigenvalue weighted by Gasteiger charge is -2.34. The van der Waals surface area contributed by atoms with Crippen molar-refractivity contribution >= 4 is 29.3 Å². The molecule has 1 aromatic heterocycles. The Bertz CT molecular complexity index is 561. The lowest BCUT2D eigenvalue weighted by atomic mass is 10.1. The van der Waals surface area contributed by atoms with E-state index in [1.807, 2.05) is 19.4 Å². The molecular formula is C14H21N5O2S. The third kappa shape index (κ3) is 3.55. The largest absolute Gasteiger partial charge is 0.367 e. The van der Waals surface area contributed by atoms with Crippen molar-refractivity contribution in [3.05, 3.63) is 12.4 Å². The van der Waals surface area contributed by atoms with E-state index in [2.05, 4.69) is 15.3 Å². The number of thioether (sulfide) groups is 1. The highest BCUT2D eigenvalue weighted by molar-refractivity contribution is 8.00. The van der Waals surface area contributed by atoms with E-state index >= 15 is 0 Å². The Morgan fingerprint density at radius 2 is 2.41 bits per heavy atom. The predicted octanol–water partition coefficient (Wildman–Crippen LogP) is 0.0380. The zero-order valence-electron chi connectivity index (χ0n) is 12.7. The zero-order chi connectivity index (χ0) is 15.5. The van der Waals surface area contributed by atoms with E-state index in [0.29, 0.717) is 11.6 Å². The molecule has 1 aromatic rings. The van der Waals surface area contributed by atoms with Crippen LogP contribution in [0.15, 0.2) is 12.4 Å². The van der Waals surface area contributed by atoms with E-state index in [9.17, 15) is 9.59 Å². The van der Waals surface area contributed by atoms with E-state index in [-0.39, 0.29) is 24.4 Å². The Labute approximate surface area is 134 Å². The summed E-state index contributed by atoms with van der Waals surface area (Å²) >= 11 is 1.56. The molecule has 0 saturated carbocycles. The number of rotatable bonds is 4. The molecule has 8 heteroatoms. The van der Waals surface area contributed by atoms with E-state index in [4.69, 9.17) is 0 Å². The van der Waals surface area contributed by atoms with Gasteiger partial charge in [0.05, 0.1) is 23.5 Å². The Kier molecular flexibility index (Phi) is 4.56. The molecule has 2 amide bonds. The number of amides is 2. The number of nitrogens with one attached hydrogen (secondary N) is 1. The number of aryl methyl sites for hydroxylation is 1. The number of anilines is 1. The highest BCUT2D eigenvalue weighted by atomic mass is 32.2. The molecule has 7 nitrogen and oxygen atoms in total. The molecule has 2 aliphatic heterocycles. The van der Waals surface area contributed by atoms with E-state index in [1.54, 1.807) is 21.3 Å². The van der Waals surface area contributed by atoms with Crippen molar-refractivity contribution in [2.24, 2.45) is 7.05 Å². The van der Waals surface area contributed by atoms with Crippen LogP contribution in [0.3, 0.4) is 0 Å². The molecule has 2 aliphatic rings. The molecular weight excluding hydrogens is 302 g/mol. The fourth-order valence-corrected chi connectivity index (χ4v) is 3.79. The van der Waals surface area contributed by atoms with Gasteiger partial charge in [-0.2, -0.15) is 5.10 Å². The van der Waals surface area contributed by atoms with Gasteiger partial charge < -0.3 is 15.1 Å².